The lowest BCUT2D eigenvalue weighted by molar-refractivity contribution is -0.134. The molecule has 0 aliphatic carbocycles. The summed E-state index contributed by atoms with van der Waals surface area (Å²) in [6, 6.07) is 22.6. The van der Waals surface area contributed by atoms with Gasteiger partial charge in [-0.15, -0.1) is 0 Å². The molecule has 4 heterocycles. The van der Waals surface area contributed by atoms with Gasteiger partial charge in [-0.1, -0.05) is 36.4 Å². The Kier molecular flexibility index (Phi) is 7.92. The van der Waals surface area contributed by atoms with Gasteiger partial charge in [0.05, 0.1) is 39.0 Å². The van der Waals surface area contributed by atoms with E-state index in [9.17, 15) is 9.59 Å². The third-order valence-corrected chi connectivity index (χ3v) is 7.82. The fourth-order valence-corrected chi connectivity index (χ4v) is 5.67. The number of pyridine rings is 1. The van der Waals surface area contributed by atoms with E-state index in [0.29, 0.717) is 37.7 Å². The maximum Gasteiger partial charge on any atom is 0.273 e. The van der Waals surface area contributed by atoms with Crippen molar-refractivity contribution in [1.82, 2.24) is 14.8 Å². The summed E-state index contributed by atoms with van der Waals surface area (Å²) in [5, 5.41) is 0.943. The maximum atomic E-state index is 14.1. The van der Waals surface area contributed by atoms with Crippen LogP contribution in [0.25, 0.3) is 10.9 Å². The highest BCUT2D eigenvalue weighted by molar-refractivity contribution is 5.97. The number of fused-ring (bicyclic) bond motifs is 12. The smallest absolute Gasteiger partial charge is 0.273 e. The second-order valence-corrected chi connectivity index (χ2v) is 10.3. The van der Waals surface area contributed by atoms with Gasteiger partial charge < -0.3 is 28.7 Å². The molecule has 1 unspecified atom stereocenters. The molecule has 0 fully saturated rings. The minimum atomic E-state index is -0.382. The number of aromatic nitrogens is 1. The van der Waals surface area contributed by atoms with Crippen LogP contribution in [0.15, 0.2) is 72.8 Å². The molecule has 0 saturated heterocycles. The third kappa shape index (κ3) is 5.47. The van der Waals surface area contributed by atoms with E-state index in [4.69, 9.17) is 18.9 Å². The second kappa shape index (κ2) is 12.1. The van der Waals surface area contributed by atoms with Crippen LogP contribution in [0.1, 0.15) is 33.2 Å². The van der Waals surface area contributed by atoms with Crippen molar-refractivity contribution in [2.24, 2.45) is 0 Å². The summed E-state index contributed by atoms with van der Waals surface area (Å²) in [6.45, 7) is 1.60. The minimum absolute atomic E-state index is 0.107. The van der Waals surface area contributed by atoms with Gasteiger partial charge in [-0.05, 0) is 59.5 Å². The summed E-state index contributed by atoms with van der Waals surface area (Å²) >= 11 is 0. The Morgan fingerprint density at radius 2 is 1.69 bits per heavy atom. The van der Waals surface area contributed by atoms with Crippen LogP contribution in [-0.2, 0) is 16.0 Å². The summed E-state index contributed by atoms with van der Waals surface area (Å²) in [5.41, 5.74) is 3.99. The van der Waals surface area contributed by atoms with Gasteiger partial charge in [-0.3, -0.25) is 9.59 Å². The number of nitrogens with zero attached hydrogens (tertiary/aromatic N) is 3. The molecule has 42 heavy (non-hydrogen) atoms. The number of amides is 2. The first kappa shape index (κ1) is 27.5. The average molecular weight is 568 g/mol. The molecule has 9 nitrogen and oxygen atoms in total. The molecular weight excluding hydrogens is 534 g/mol. The first-order chi connectivity index (χ1) is 20.6. The zero-order valence-corrected chi connectivity index (χ0v) is 23.7. The number of carbonyl (C=O) groups is 2. The number of carbonyl (C=O) groups excluding carboxylic acids is 2. The highest BCUT2D eigenvalue weighted by Crippen LogP contribution is 2.41. The van der Waals surface area contributed by atoms with Crippen LogP contribution < -0.4 is 14.2 Å². The van der Waals surface area contributed by atoms with E-state index in [0.717, 1.165) is 33.3 Å². The Bertz CT molecular complexity index is 1610. The average Bonchev–Trinajstić information content (AvgIpc) is 3.04. The van der Waals surface area contributed by atoms with Gasteiger partial charge in [0.25, 0.3) is 5.91 Å². The van der Waals surface area contributed by atoms with Crippen LogP contribution in [-0.4, -0.2) is 80.3 Å². The summed E-state index contributed by atoms with van der Waals surface area (Å²) in [5.74, 6) is 1.49. The lowest BCUT2D eigenvalue weighted by Gasteiger charge is -2.39. The van der Waals surface area contributed by atoms with Crippen molar-refractivity contribution in [1.29, 1.82) is 0 Å². The van der Waals surface area contributed by atoms with E-state index in [1.165, 1.54) is 4.90 Å². The van der Waals surface area contributed by atoms with Crippen molar-refractivity contribution in [2.45, 2.75) is 12.5 Å². The van der Waals surface area contributed by atoms with E-state index in [1.54, 1.807) is 20.3 Å². The number of hydrogen-bond acceptors (Lipinski definition) is 7. The Labute approximate surface area is 244 Å². The van der Waals surface area contributed by atoms with Gasteiger partial charge in [0.1, 0.15) is 24.6 Å². The SMILES string of the molecule is COc1cc2c(cc1OC)C1c3ccc(cc3)OCCOCCN(C(=O)c3ccc4ccccc4n3)CC(=O)N1CC2. The van der Waals surface area contributed by atoms with E-state index in [2.05, 4.69) is 4.98 Å². The van der Waals surface area contributed by atoms with Gasteiger partial charge in [0.2, 0.25) is 5.91 Å². The number of ether oxygens (including phenoxy) is 4. The zero-order chi connectivity index (χ0) is 29.1. The predicted molar refractivity (Wildman–Crippen MR) is 157 cm³/mol. The van der Waals surface area contributed by atoms with E-state index < -0.39 is 0 Å². The Hall–Kier alpha value is -4.63. The van der Waals surface area contributed by atoms with Gasteiger partial charge >= 0.3 is 0 Å². The number of benzene rings is 3. The van der Waals surface area contributed by atoms with Crippen LogP contribution >= 0.6 is 0 Å². The summed E-state index contributed by atoms with van der Waals surface area (Å²) in [4.78, 5) is 35.9. The highest BCUT2D eigenvalue weighted by Gasteiger charge is 2.35. The van der Waals surface area contributed by atoms with Crippen LogP contribution in [0.4, 0.5) is 0 Å². The van der Waals surface area contributed by atoms with Gasteiger partial charge in [-0.25, -0.2) is 4.98 Å². The highest BCUT2D eigenvalue weighted by atomic mass is 16.5. The standard InChI is InChI=1S/C33H33N3O6/c1-39-29-19-24-13-14-36-31(37)21-35(33(38)28-12-9-22-5-3-4-6-27(22)34-28)15-16-41-17-18-42-25-10-7-23(8-11-25)32(36)26(24)20-30(29)40-2/h3-12,19-20,32H,13-18,21H2,1-2H3. The fraction of sp³-hybridized carbons (Fsp3) is 0.303. The molecular formula is C33H33N3O6. The first-order valence-corrected chi connectivity index (χ1v) is 14.1. The molecule has 2 amide bonds. The lowest BCUT2D eigenvalue weighted by Crippen LogP contribution is -2.47. The molecule has 216 valence electrons. The quantitative estimate of drug-likeness (QED) is 0.342. The molecule has 3 aromatic carbocycles. The largest absolute Gasteiger partial charge is 0.493 e. The van der Waals surface area contributed by atoms with E-state index >= 15 is 0 Å². The van der Waals surface area contributed by atoms with Crippen LogP contribution in [0.2, 0.25) is 0 Å². The molecule has 2 bridgehead atoms. The Morgan fingerprint density at radius 1 is 0.905 bits per heavy atom. The molecule has 7 rings (SSSR count). The van der Waals surface area contributed by atoms with Crippen molar-refractivity contribution in [3.63, 3.8) is 0 Å². The van der Waals surface area contributed by atoms with Gasteiger partial charge in [0.15, 0.2) is 11.5 Å². The van der Waals surface area contributed by atoms with Crippen LogP contribution in [0.3, 0.4) is 0 Å². The normalized spacial score (nSPS) is 17.5. The van der Waals surface area contributed by atoms with Crippen molar-refractivity contribution < 1.29 is 28.5 Å². The molecule has 0 spiro atoms. The van der Waals surface area contributed by atoms with Crippen molar-refractivity contribution >= 4 is 22.7 Å². The topological polar surface area (TPSA) is 90.4 Å². The summed E-state index contributed by atoms with van der Waals surface area (Å²) in [7, 11) is 3.22. The van der Waals surface area contributed by atoms with Crippen LogP contribution in [0, 0.1) is 0 Å². The molecule has 3 aliphatic heterocycles. The Balaban J connectivity index is 1.37. The number of methoxy groups -OCH3 is 2. The van der Waals surface area contributed by atoms with E-state index in [-0.39, 0.29) is 43.2 Å². The van der Waals surface area contributed by atoms with Gasteiger partial charge in [0, 0.05) is 18.5 Å². The Morgan fingerprint density at radius 3 is 2.50 bits per heavy atom. The molecule has 3 aliphatic rings. The summed E-state index contributed by atoms with van der Waals surface area (Å²) < 4.78 is 22.8. The predicted octanol–water partition coefficient (Wildman–Crippen LogP) is 4.28. The van der Waals surface area contributed by atoms with Crippen LogP contribution in [0.5, 0.6) is 17.2 Å². The first-order valence-electron chi connectivity index (χ1n) is 14.1. The molecule has 0 radical (unpaired) electrons. The molecule has 0 N–H and O–H groups in total. The van der Waals surface area contributed by atoms with Crippen molar-refractivity contribution in [3.8, 4) is 17.2 Å². The van der Waals surface area contributed by atoms with Crippen molar-refractivity contribution in [2.75, 3.05) is 53.7 Å². The molecule has 1 atom stereocenters. The zero-order valence-electron chi connectivity index (χ0n) is 23.7. The monoisotopic (exact) mass is 567 g/mol. The van der Waals surface area contributed by atoms with Crippen molar-refractivity contribution in [3.05, 3.63) is 95.2 Å². The van der Waals surface area contributed by atoms with Gasteiger partial charge in [-0.2, -0.15) is 0 Å². The fourth-order valence-electron chi connectivity index (χ4n) is 5.67. The lowest BCUT2D eigenvalue weighted by atomic mass is 9.87. The second-order valence-electron chi connectivity index (χ2n) is 10.3. The summed E-state index contributed by atoms with van der Waals surface area (Å²) in [6.07, 6.45) is 0.641. The maximum absolute atomic E-state index is 14.1. The number of rotatable bonds is 3. The third-order valence-electron chi connectivity index (χ3n) is 7.82. The molecule has 1 aromatic heterocycles. The molecule has 0 saturated carbocycles. The molecule has 9 heteroatoms. The molecule has 4 aromatic rings. The minimum Gasteiger partial charge on any atom is -0.493 e. The number of para-hydroxylation sites is 1. The van der Waals surface area contributed by atoms with E-state index in [1.807, 2.05) is 71.6 Å². The number of hydrogen-bond donors (Lipinski definition) is 0.